The van der Waals surface area contributed by atoms with Crippen LogP contribution >= 0.6 is 15.9 Å². The summed E-state index contributed by atoms with van der Waals surface area (Å²) in [6, 6.07) is 10.3. The van der Waals surface area contributed by atoms with E-state index in [0.29, 0.717) is 0 Å². The minimum absolute atomic E-state index is 0.731. The Morgan fingerprint density at radius 1 is 1.22 bits per heavy atom. The van der Waals surface area contributed by atoms with Gasteiger partial charge in [0.05, 0.1) is 12.2 Å². The van der Waals surface area contributed by atoms with Gasteiger partial charge in [0.2, 0.25) is 0 Å². The Morgan fingerprint density at radius 2 is 2.06 bits per heavy atom. The van der Waals surface area contributed by atoms with E-state index in [1.807, 2.05) is 36.7 Å². The van der Waals surface area contributed by atoms with Crippen molar-refractivity contribution in [1.29, 1.82) is 0 Å². The lowest BCUT2D eigenvalue weighted by Gasteiger charge is -2.31. The van der Waals surface area contributed by atoms with Crippen LogP contribution < -0.4 is 9.64 Å². The minimum Gasteiger partial charge on any atom is -0.490 e. The Labute approximate surface area is 115 Å². The van der Waals surface area contributed by atoms with Crippen molar-refractivity contribution in [3.8, 4) is 5.75 Å². The molecule has 1 aromatic heterocycles. The van der Waals surface area contributed by atoms with Crippen LogP contribution in [-0.4, -0.2) is 18.1 Å². The molecule has 0 amide bonds. The molecule has 0 fully saturated rings. The molecule has 3 nitrogen and oxygen atoms in total. The molecule has 0 aliphatic carbocycles. The first kappa shape index (κ1) is 11.5. The average Bonchev–Trinajstić information content (AvgIpc) is 2.40. The second-order valence-electron chi connectivity index (χ2n) is 4.24. The van der Waals surface area contributed by atoms with E-state index in [4.69, 9.17) is 4.74 Å². The quantitative estimate of drug-likeness (QED) is 0.851. The second-order valence-corrected chi connectivity index (χ2v) is 5.15. The summed E-state index contributed by atoms with van der Waals surface area (Å²) in [5.41, 5.74) is 2.42. The van der Waals surface area contributed by atoms with Crippen LogP contribution in [0.5, 0.6) is 5.75 Å². The first-order valence-corrected chi connectivity index (χ1v) is 6.68. The second kappa shape index (κ2) is 4.98. The van der Waals surface area contributed by atoms with Crippen molar-refractivity contribution in [1.82, 2.24) is 4.98 Å². The molecule has 0 radical (unpaired) electrons. The molecule has 1 aliphatic heterocycles. The topological polar surface area (TPSA) is 25.4 Å². The fourth-order valence-electron chi connectivity index (χ4n) is 2.12. The van der Waals surface area contributed by atoms with Crippen LogP contribution in [-0.2, 0) is 6.54 Å². The lowest BCUT2D eigenvalue weighted by atomic mass is 10.2. The molecule has 0 bridgehead atoms. The highest BCUT2D eigenvalue weighted by Crippen LogP contribution is 2.34. The van der Waals surface area contributed by atoms with Crippen LogP contribution in [0.3, 0.4) is 0 Å². The van der Waals surface area contributed by atoms with Crippen LogP contribution in [0.4, 0.5) is 5.69 Å². The molecule has 92 valence electrons. The summed E-state index contributed by atoms with van der Waals surface area (Å²) >= 11 is 3.47. The highest BCUT2D eigenvalue weighted by Gasteiger charge is 2.18. The summed E-state index contributed by atoms with van der Waals surface area (Å²) in [6.45, 7) is 2.53. The third-order valence-corrected chi connectivity index (χ3v) is 3.50. The van der Waals surface area contributed by atoms with E-state index in [0.717, 1.165) is 35.6 Å². The van der Waals surface area contributed by atoms with Gasteiger partial charge >= 0.3 is 0 Å². The predicted molar refractivity (Wildman–Crippen MR) is 74.9 cm³/mol. The van der Waals surface area contributed by atoms with Gasteiger partial charge in [-0.3, -0.25) is 4.98 Å². The van der Waals surface area contributed by atoms with Gasteiger partial charge in [0.1, 0.15) is 12.4 Å². The lowest BCUT2D eigenvalue weighted by molar-refractivity contribution is 0.306. The minimum atomic E-state index is 0.731. The monoisotopic (exact) mass is 304 g/mol. The van der Waals surface area contributed by atoms with Gasteiger partial charge in [0.25, 0.3) is 0 Å². The highest BCUT2D eigenvalue weighted by atomic mass is 79.9. The first-order chi connectivity index (χ1) is 8.83. The van der Waals surface area contributed by atoms with Gasteiger partial charge in [0, 0.05) is 23.4 Å². The zero-order valence-electron chi connectivity index (χ0n) is 9.84. The molecule has 1 aromatic carbocycles. The van der Waals surface area contributed by atoms with Crippen LogP contribution in [0.2, 0.25) is 0 Å². The molecule has 1 aliphatic rings. The van der Waals surface area contributed by atoms with Crippen molar-refractivity contribution in [2.24, 2.45) is 0 Å². The molecule has 4 heteroatoms. The van der Waals surface area contributed by atoms with Crippen LogP contribution in [0.25, 0.3) is 0 Å². The van der Waals surface area contributed by atoms with Gasteiger partial charge in [-0.2, -0.15) is 0 Å². The number of anilines is 1. The number of nitrogens with zero attached hydrogens (tertiary/aromatic N) is 2. The van der Waals surface area contributed by atoms with Crippen LogP contribution in [0.15, 0.2) is 47.2 Å². The molecular formula is C14H13BrN2O. The number of fused-ring (bicyclic) bond motifs is 1. The summed E-state index contributed by atoms with van der Waals surface area (Å²) in [5, 5.41) is 0. The third-order valence-electron chi connectivity index (χ3n) is 3.00. The van der Waals surface area contributed by atoms with Gasteiger partial charge in [-0.25, -0.2) is 0 Å². The van der Waals surface area contributed by atoms with Gasteiger partial charge < -0.3 is 9.64 Å². The van der Waals surface area contributed by atoms with Gasteiger partial charge in [-0.15, -0.1) is 0 Å². The number of pyridine rings is 1. The van der Waals surface area contributed by atoms with Crippen molar-refractivity contribution < 1.29 is 4.74 Å². The summed E-state index contributed by atoms with van der Waals surface area (Å²) in [7, 11) is 0. The zero-order valence-corrected chi connectivity index (χ0v) is 11.4. The maximum Gasteiger partial charge on any atom is 0.143 e. The van der Waals surface area contributed by atoms with Crippen LogP contribution in [0, 0.1) is 0 Å². The molecule has 18 heavy (non-hydrogen) atoms. The highest BCUT2D eigenvalue weighted by molar-refractivity contribution is 9.10. The summed E-state index contributed by atoms with van der Waals surface area (Å²) in [6.07, 6.45) is 3.66. The van der Waals surface area contributed by atoms with Crippen LogP contribution in [0.1, 0.15) is 5.56 Å². The van der Waals surface area contributed by atoms with Crippen molar-refractivity contribution in [3.05, 3.63) is 52.8 Å². The molecule has 0 atom stereocenters. The van der Waals surface area contributed by atoms with E-state index in [1.165, 1.54) is 5.56 Å². The Kier molecular flexibility index (Phi) is 3.19. The maximum atomic E-state index is 5.69. The SMILES string of the molecule is Brc1ccc2c(c1)OCCN2Cc1ccncc1. The maximum absolute atomic E-state index is 5.69. The van der Waals surface area contributed by atoms with Crippen molar-refractivity contribution in [2.75, 3.05) is 18.1 Å². The van der Waals surface area contributed by atoms with Crippen molar-refractivity contribution in [2.45, 2.75) is 6.54 Å². The summed E-state index contributed by atoms with van der Waals surface area (Å²) in [4.78, 5) is 6.38. The predicted octanol–water partition coefficient (Wildman–Crippen LogP) is 3.24. The van der Waals surface area contributed by atoms with E-state index in [-0.39, 0.29) is 0 Å². The number of hydrogen-bond donors (Lipinski definition) is 0. The largest absolute Gasteiger partial charge is 0.490 e. The average molecular weight is 305 g/mol. The third kappa shape index (κ3) is 2.34. The fourth-order valence-corrected chi connectivity index (χ4v) is 2.46. The number of aromatic nitrogens is 1. The molecule has 0 N–H and O–H groups in total. The van der Waals surface area contributed by atoms with E-state index >= 15 is 0 Å². The molecule has 0 spiro atoms. The smallest absolute Gasteiger partial charge is 0.143 e. The standard InChI is InChI=1S/C14H13BrN2O/c15-12-1-2-13-14(9-12)18-8-7-17(13)10-11-3-5-16-6-4-11/h1-6,9H,7-8,10H2. The molecular weight excluding hydrogens is 292 g/mol. The Hall–Kier alpha value is -1.55. The van der Waals surface area contributed by atoms with E-state index in [2.05, 4.69) is 31.9 Å². The van der Waals surface area contributed by atoms with Gasteiger partial charge in [-0.1, -0.05) is 15.9 Å². The van der Waals surface area contributed by atoms with Gasteiger partial charge in [-0.05, 0) is 35.9 Å². The number of rotatable bonds is 2. The molecule has 3 rings (SSSR count). The number of ether oxygens (including phenoxy) is 1. The molecule has 0 unspecified atom stereocenters. The summed E-state index contributed by atoms with van der Waals surface area (Å²) in [5.74, 6) is 0.949. The molecule has 2 heterocycles. The zero-order chi connectivity index (χ0) is 12.4. The normalized spacial score (nSPS) is 13.9. The molecule has 0 saturated carbocycles. The molecule has 0 saturated heterocycles. The first-order valence-electron chi connectivity index (χ1n) is 5.89. The van der Waals surface area contributed by atoms with Crippen molar-refractivity contribution in [3.63, 3.8) is 0 Å². The van der Waals surface area contributed by atoms with E-state index in [1.54, 1.807) is 0 Å². The Morgan fingerprint density at radius 3 is 2.89 bits per heavy atom. The Bertz CT molecular complexity index is 545. The lowest BCUT2D eigenvalue weighted by Crippen LogP contribution is -2.32. The number of halogens is 1. The molecule has 2 aromatic rings. The Balaban J connectivity index is 1.87. The van der Waals surface area contributed by atoms with E-state index in [9.17, 15) is 0 Å². The van der Waals surface area contributed by atoms with Gasteiger partial charge in [0.15, 0.2) is 0 Å². The number of benzene rings is 1. The van der Waals surface area contributed by atoms with Crippen molar-refractivity contribution >= 4 is 21.6 Å². The fraction of sp³-hybridized carbons (Fsp3) is 0.214. The van der Waals surface area contributed by atoms with E-state index < -0.39 is 0 Å². The number of hydrogen-bond acceptors (Lipinski definition) is 3. The summed E-state index contributed by atoms with van der Waals surface area (Å²) < 4.78 is 6.74.